The Balaban J connectivity index is 1.84. The van der Waals surface area contributed by atoms with Gasteiger partial charge in [-0.15, -0.1) is 0 Å². The summed E-state index contributed by atoms with van der Waals surface area (Å²) in [6, 6.07) is 15.5. The molecule has 0 saturated carbocycles. The minimum Gasteiger partial charge on any atom is -0.497 e. The summed E-state index contributed by atoms with van der Waals surface area (Å²) in [6.07, 6.45) is 2.06. The second-order valence-electron chi connectivity index (χ2n) is 6.06. The maximum atomic E-state index is 12.1. The lowest BCUT2D eigenvalue weighted by Gasteiger charge is -2.08. The van der Waals surface area contributed by atoms with Crippen molar-refractivity contribution in [2.75, 3.05) is 20.3 Å². The van der Waals surface area contributed by atoms with E-state index < -0.39 is 11.9 Å². The standard InChI is InChI=1S/C23H23NO6/c1-3-28-23(26)18(16-24)14-17-6-4-7-21(15-17)30-22(25)8-5-13-29-20-11-9-19(27-2)10-12-20/h4,6-7,9-12,14-15H,3,5,8,13H2,1-2H3/b18-14+. The Labute approximate surface area is 175 Å². The molecule has 0 radical (unpaired) electrons. The van der Waals surface area contributed by atoms with E-state index in [-0.39, 0.29) is 18.6 Å². The molecule has 0 aliphatic heterocycles. The minimum absolute atomic E-state index is 0.129. The molecule has 0 fully saturated rings. The molecular formula is C23H23NO6. The number of methoxy groups -OCH3 is 1. The molecule has 0 atom stereocenters. The van der Waals surface area contributed by atoms with Crippen molar-refractivity contribution in [1.29, 1.82) is 5.26 Å². The predicted molar refractivity (Wildman–Crippen MR) is 110 cm³/mol. The Morgan fingerprint density at radius 3 is 2.47 bits per heavy atom. The Hall–Kier alpha value is -3.79. The predicted octanol–water partition coefficient (Wildman–Crippen LogP) is 3.93. The van der Waals surface area contributed by atoms with Gasteiger partial charge in [-0.25, -0.2) is 4.79 Å². The lowest BCUT2D eigenvalue weighted by atomic mass is 10.1. The number of carbonyl (C=O) groups is 2. The third-order valence-electron chi connectivity index (χ3n) is 3.87. The number of ether oxygens (including phenoxy) is 4. The average molecular weight is 409 g/mol. The van der Waals surface area contributed by atoms with E-state index in [1.54, 1.807) is 62.6 Å². The van der Waals surface area contributed by atoms with Crippen molar-refractivity contribution in [2.45, 2.75) is 19.8 Å². The van der Waals surface area contributed by atoms with Gasteiger partial charge in [0.05, 0.1) is 20.3 Å². The van der Waals surface area contributed by atoms with E-state index in [2.05, 4.69) is 0 Å². The number of rotatable bonds is 10. The highest BCUT2D eigenvalue weighted by atomic mass is 16.5. The molecular weight excluding hydrogens is 386 g/mol. The molecule has 7 heteroatoms. The number of esters is 2. The van der Waals surface area contributed by atoms with Gasteiger partial charge in [0.25, 0.3) is 0 Å². The van der Waals surface area contributed by atoms with Gasteiger partial charge in [0.2, 0.25) is 0 Å². The highest BCUT2D eigenvalue weighted by molar-refractivity contribution is 5.97. The van der Waals surface area contributed by atoms with Crippen molar-refractivity contribution >= 4 is 18.0 Å². The largest absolute Gasteiger partial charge is 0.497 e. The number of nitrogens with zero attached hydrogens (tertiary/aromatic N) is 1. The summed E-state index contributed by atoms with van der Waals surface area (Å²) in [5.41, 5.74) is 0.420. The van der Waals surface area contributed by atoms with Crippen LogP contribution in [0.25, 0.3) is 6.08 Å². The van der Waals surface area contributed by atoms with E-state index in [0.29, 0.717) is 30.1 Å². The molecule has 0 aromatic heterocycles. The number of hydrogen-bond acceptors (Lipinski definition) is 7. The Bertz CT molecular complexity index is 927. The summed E-state index contributed by atoms with van der Waals surface area (Å²) in [7, 11) is 1.59. The molecule has 156 valence electrons. The monoisotopic (exact) mass is 409 g/mol. The third kappa shape index (κ3) is 7.32. The lowest BCUT2D eigenvalue weighted by Crippen LogP contribution is -2.10. The van der Waals surface area contributed by atoms with Crippen LogP contribution in [0.2, 0.25) is 0 Å². The normalized spacial score (nSPS) is 10.6. The summed E-state index contributed by atoms with van der Waals surface area (Å²) < 4.78 is 20.8. The van der Waals surface area contributed by atoms with Crippen molar-refractivity contribution in [2.24, 2.45) is 0 Å². The first-order valence-corrected chi connectivity index (χ1v) is 9.42. The van der Waals surface area contributed by atoms with Gasteiger partial charge in [0, 0.05) is 6.42 Å². The zero-order valence-corrected chi connectivity index (χ0v) is 16.9. The molecule has 2 rings (SSSR count). The van der Waals surface area contributed by atoms with Crippen molar-refractivity contribution in [3.63, 3.8) is 0 Å². The number of benzene rings is 2. The first-order valence-electron chi connectivity index (χ1n) is 9.42. The van der Waals surface area contributed by atoms with Gasteiger partial charge >= 0.3 is 11.9 Å². The second kappa shape index (κ2) is 11.9. The molecule has 0 bridgehead atoms. The smallest absolute Gasteiger partial charge is 0.348 e. The first-order chi connectivity index (χ1) is 14.5. The molecule has 0 heterocycles. The van der Waals surface area contributed by atoms with Gasteiger partial charge in [-0.2, -0.15) is 5.26 Å². The van der Waals surface area contributed by atoms with Crippen LogP contribution < -0.4 is 14.2 Å². The maximum absolute atomic E-state index is 12.1. The Kier molecular flexibility index (Phi) is 8.94. The van der Waals surface area contributed by atoms with E-state index >= 15 is 0 Å². The molecule has 2 aromatic rings. The molecule has 0 aliphatic rings. The molecule has 30 heavy (non-hydrogen) atoms. The van der Waals surface area contributed by atoms with Crippen LogP contribution in [-0.2, 0) is 14.3 Å². The quantitative estimate of drug-likeness (QED) is 0.193. The van der Waals surface area contributed by atoms with E-state index in [9.17, 15) is 9.59 Å². The summed E-state index contributed by atoms with van der Waals surface area (Å²) >= 11 is 0. The van der Waals surface area contributed by atoms with Gasteiger partial charge in [-0.3, -0.25) is 4.79 Å². The SMILES string of the molecule is CCOC(=O)/C(C#N)=C/c1cccc(OC(=O)CCCOc2ccc(OC)cc2)c1. The molecule has 0 saturated heterocycles. The molecule has 0 N–H and O–H groups in total. The van der Waals surface area contributed by atoms with Crippen molar-refractivity contribution in [3.05, 3.63) is 59.7 Å². The molecule has 0 aliphatic carbocycles. The summed E-state index contributed by atoms with van der Waals surface area (Å²) in [6.45, 7) is 2.21. The van der Waals surface area contributed by atoms with Gasteiger partial charge < -0.3 is 18.9 Å². The van der Waals surface area contributed by atoms with Crippen LogP contribution in [0.4, 0.5) is 0 Å². The van der Waals surface area contributed by atoms with Crippen LogP contribution in [0.1, 0.15) is 25.3 Å². The van der Waals surface area contributed by atoms with Gasteiger partial charge in [0.15, 0.2) is 0 Å². The van der Waals surface area contributed by atoms with Crippen molar-refractivity contribution in [3.8, 4) is 23.3 Å². The van der Waals surface area contributed by atoms with Gasteiger partial charge in [0.1, 0.15) is 28.9 Å². The van der Waals surface area contributed by atoms with Crippen LogP contribution in [0.15, 0.2) is 54.1 Å². The lowest BCUT2D eigenvalue weighted by molar-refractivity contribution is -0.138. The van der Waals surface area contributed by atoms with Crippen molar-refractivity contribution in [1.82, 2.24) is 0 Å². The summed E-state index contributed by atoms with van der Waals surface area (Å²) in [4.78, 5) is 23.8. The Morgan fingerprint density at radius 1 is 1.07 bits per heavy atom. The van der Waals surface area contributed by atoms with Crippen LogP contribution >= 0.6 is 0 Å². The second-order valence-corrected chi connectivity index (χ2v) is 6.06. The van der Waals surface area contributed by atoms with E-state index in [1.807, 2.05) is 6.07 Å². The maximum Gasteiger partial charge on any atom is 0.348 e. The van der Waals surface area contributed by atoms with Crippen molar-refractivity contribution < 1.29 is 28.5 Å². The zero-order chi connectivity index (χ0) is 21.8. The van der Waals surface area contributed by atoms with Crippen LogP contribution in [0.5, 0.6) is 17.2 Å². The third-order valence-corrected chi connectivity index (χ3v) is 3.87. The number of nitriles is 1. The molecule has 2 aromatic carbocycles. The molecule has 0 spiro atoms. The summed E-state index contributed by atoms with van der Waals surface area (Å²) in [5.74, 6) is 0.663. The topological polar surface area (TPSA) is 94.9 Å². The fourth-order valence-corrected chi connectivity index (χ4v) is 2.44. The highest BCUT2D eigenvalue weighted by Crippen LogP contribution is 2.19. The number of hydrogen-bond donors (Lipinski definition) is 0. The summed E-state index contributed by atoms with van der Waals surface area (Å²) in [5, 5.41) is 9.11. The highest BCUT2D eigenvalue weighted by Gasteiger charge is 2.10. The van der Waals surface area contributed by atoms with E-state index in [4.69, 9.17) is 24.2 Å². The Morgan fingerprint density at radius 2 is 1.80 bits per heavy atom. The average Bonchev–Trinajstić information content (AvgIpc) is 2.76. The fourth-order valence-electron chi connectivity index (χ4n) is 2.44. The van der Waals surface area contributed by atoms with Gasteiger partial charge in [-0.1, -0.05) is 12.1 Å². The molecule has 0 unspecified atom stereocenters. The molecule has 0 amide bonds. The van der Waals surface area contributed by atoms with Crippen LogP contribution in [0, 0.1) is 11.3 Å². The van der Waals surface area contributed by atoms with Crippen LogP contribution in [-0.4, -0.2) is 32.3 Å². The van der Waals surface area contributed by atoms with E-state index in [0.717, 1.165) is 5.75 Å². The van der Waals surface area contributed by atoms with Crippen LogP contribution in [0.3, 0.4) is 0 Å². The van der Waals surface area contributed by atoms with E-state index in [1.165, 1.54) is 6.08 Å². The molecule has 7 nitrogen and oxygen atoms in total. The first kappa shape index (κ1) is 22.5. The number of carbonyl (C=O) groups excluding carboxylic acids is 2. The zero-order valence-electron chi connectivity index (χ0n) is 16.9. The fraction of sp³-hybridized carbons (Fsp3) is 0.261. The minimum atomic E-state index is -0.695. The van der Waals surface area contributed by atoms with Gasteiger partial charge in [-0.05, 0) is 61.4 Å².